The van der Waals surface area contributed by atoms with Gasteiger partial charge in [-0.3, -0.25) is 0 Å². The van der Waals surface area contributed by atoms with Gasteiger partial charge in [-0.1, -0.05) is 6.58 Å². The highest BCUT2D eigenvalue weighted by molar-refractivity contribution is 6.11. The molecule has 0 spiro atoms. The molecule has 0 aromatic heterocycles. The molecule has 0 saturated heterocycles. The van der Waals surface area contributed by atoms with Gasteiger partial charge in [-0.25, -0.2) is 4.79 Å². The zero-order valence-electron chi connectivity index (χ0n) is 6.10. The zero-order valence-corrected chi connectivity index (χ0v) is 8.10. The van der Waals surface area contributed by atoms with Crippen molar-refractivity contribution in [2.75, 3.05) is 0 Å². The van der Waals surface area contributed by atoms with Crippen molar-refractivity contribution < 1.29 is 9.53 Å². The molecule has 0 N–H and O–H groups in total. The highest BCUT2D eigenvalue weighted by atomic mass is 28.1. The third kappa shape index (κ3) is 3.97. The van der Waals surface area contributed by atoms with Gasteiger partial charge in [-0.05, 0) is 13.8 Å². The van der Waals surface area contributed by atoms with E-state index in [4.69, 9.17) is 4.74 Å². The summed E-state index contributed by atoms with van der Waals surface area (Å²) in [5.41, 5.74) is 0.562. The average Bonchev–Trinajstić information content (AvgIpc) is 1.63. The molecule has 0 radical (unpaired) electrons. The smallest absolute Gasteiger partial charge is 0.333 e. The molecular weight excluding hydrogens is 132 g/mol. The van der Waals surface area contributed by atoms with Crippen LogP contribution >= 0.6 is 0 Å². The van der Waals surface area contributed by atoms with E-state index in [9.17, 15) is 4.79 Å². The lowest BCUT2D eigenvalue weighted by Gasteiger charge is -2.05. The fourth-order valence-corrected chi connectivity index (χ4v) is 0.529. The number of esters is 1. The number of ether oxygens (including phenoxy) is 1. The highest BCUT2D eigenvalue weighted by Crippen LogP contribution is 1.93. The molecule has 52 valence electrons. The predicted molar refractivity (Wildman–Crippen MR) is 40.3 cm³/mol. The van der Waals surface area contributed by atoms with Gasteiger partial charge < -0.3 is 4.74 Å². The summed E-state index contributed by atoms with van der Waals surface area (Å²) in [6, 6.07) is 0. The maximum atomic E-state index is 10.7. The molecular formula is C6H12O2Si. The van der Waals surface area contributed by atoms with Gasteiger partial charge in [0.2, 0.25) is 0 Å². The molecule has 0 bridgehead atoms. The van der Waals surface area contributed by atoms with E-state index in [-0.39, 0.29) is 11.7 Å². The fourth-order valence-electron chi connectivity index (χ4n) is 0.315. The summed E-state index contributed by atoms with van der Waals surface area (Å²) in [7, 11) is 0.878. The summed E-state index contributed by atoms with van der Waals surface area (Å²) in [4.78, 5) is 10.7. The third-order valence-corrected chi connectivity index (χ3v) is 0.927. The Kier molecular flexibility index (Phi) is 3.23. The van der Waals surface area contributed by atoms with E-state index in [2.05, 4.69) is 6.58 Å². The largest absolute Gasteiger partial charge is 0.464 e. The van der Waals surface area contributed by atoms with E-state index < -0.39 is 0 Å². The fraction of sp³-hybridized carbons (Fsp3) is 0.500. The Morgan fingerprint density at radius 3 is 2.33 bits per heavy atom. The van der Waals surface area contributed by atoms with Gasteiger partial charge in [0.25, 0.3) is 0 Å². The van der Waals surface area contributed by atoms with Crippen molar-refractivity contribution in [2.45, 2.75) is 19.6 Å². The van der Waals surface area contributed by atoms with E-state index in [1.807, 2.05) is 6.92 Å². The predicted octanol–water partition coefficient (Wildman–Crippen LogP) is -0.183. The van der Waals surface area contributed by atoms with Crippen LogP contribution < -0.4 is 0 Å². The standard InChI is InChI=1S/C6H12O2Si/c1-4(2)6(7)8-5(3)9/h5H,1H2,2-3,9H3. The molecule has 0 fully saturated rings. The van der Waals surface area contributed by atoms with Crippen LogP contribution in [-0.4, -0.2) is 21.9 Å². The monoisotopic (exact) mass is 144 g/mol. The van der Waals surface area contributed by atoms with Crippen LogP contribution in [0.5, 0.6) is 0 Å². The zero-order chi connectivity index (χ0) is 7.44. The van der Waals surface area contributed by atoms with Gasteiger partial charge >= 0.3 is 5.97 Å². The van der Waals surface area contributed by atoms with Crippen molar-refractivity contribution in [3.8, 4) is 0 Å². The second-order valence-corrected chi connectivity index (χ2v) is 3.86. The van der Waals surface area contributed by atoms with Crippen molar-refractivity contribution in [3.63, 3.8) is 0 Å². The van der Waals surface area contributed by atoms with Crippen molar-refractivity contribution in [3.05, 3.63) is 12.2 Å². The maximum absolute atomic E-state index is 10.7. The summed E-state index contributed by atoms with van der Waals surface area (Å²) < 4.78 is 4.83. The molecule has 0 heterocycles. The molecule has 2 nitrogen and oxygen atoms in total. The third-order valence-electron chi connectivity index (χ3n) is 0.691. The maximum Gasteiger partial charge on any atom is 0.333 e. The number of carbonyl (C=O) groups excluding carboxylic acids is 1. The Morgan fingerprint density at radius 1 is 1.78 bits per heavy atom. The minimum Gasteiger partial charge on any atom is -0.464 e. The minimum absolute atomic E-state index is 0.0919. The van der Waals surface area contributed by atoms with Crippen LogP contribution in [-0.2, 0) is 9.53 Å². The highest BCUT2D eigenvalue weighted by Gasteiger charge is 2.03. The van der Waals surface area contributed by atoms with E-state index in [0.29, 0.717) is 5.57 Å². The molecule has 1 unspecified atom stereocenters. The second kappa shape index (κ2) is 3.45. The van der Waals surface area contributed by atoms with Crippen LogP contribution in [0.1, 0.15) is 13.8 Å². The molecule has 1 atom stereocenters. The second-order valence-electron chi connectivity index (χ2n) is 2.23. The van der Waals surface area contributed by atoms with Crippen LogP contribution in [0.15, 0.2) is 12.2 Å². The molecule has 0 amide bonds. The minimum atomic E-state index is -0.280. The Labute approximate surface area is 58.3 Å². The van der Waals surface area contributed by atoms with E-state index in [0.717, 1.165) is 10.2 Å². The molecule has 0 aliphatic heterocycles. The molecule has 3 heteroatoms. The quantitative estimate of drug-likeness (QED) is 0.305. The van der Waals surface area contributed by atoms with Gasteiger partial charge in [-0.2, -0.15) is 0 Å². The van der Waals surface area contributed by atoms with Crippen molar-refractivity contribution in [2.24, 2.45) is 0 Å². The first-order valence-electron chi connectivity index (χ1n) is 2.90. The molecule has 0 aliphatic rings. The number of hydrogen-bond acceptors (Lipinski definition) is 2. The molecule has 0 saturated carbocycles. The molecule has 0 rings (SSSR count). The normalized spacial score (nSPS) is 12.7. The van der Waals surface area contributed by atoms with Gasteiger partial charge in [0, 0.05) is 5.57 Å². The lowest BCUT2D eigenvalue weighted by Crippen LogP contribution is -2.14. The summed E-state index contributed by atoms with van der Waals surface area (Å²) in [6.45, 7) is 6.96. The van der Waals surface area contributed by atoms with Crippen LogP contribution in [0.2, 0.25) is 0 Å². The number of hydrogen-bond donors (Lipinski definition) is 0. The molecule has 0 aromatic rings. The Balaban J connectivity index is 3.65. The van der Waals surface area contributed by atoms with Crippen LogP contribution in [0.25, 0.3) is 0 Å². The van der Waals surface area contributed by atoms with E-state index in [1.165, 1.54) is 0 Å². The first-order chi connectivity index (χ1) is 4.04. The molecule has 9 heavy (non-hydrogen) atoms. The summed E-state index contributed by atoms with van der Waals surface area (Å²) in [5, 5.41) is 0. The van der Waals surface area contributed by atoms with Crippen molar-refractivity contribution in [1.29, 1.82) is 0 Å². The lowest BCUT2D eigenvalue weighted by molar-refractivity contribution is -0.140. The number of rotatable bonds is 2. The van der Waals surface area contributed by atoms with Crippen LogP contribution in [0, 0.1) is 0 Å². The summed E-state index contributed by atoms with van der Waals surface area (Å²) >= 11 is 0. The SMILES string of the molecule is C=C(C)C(=O)OC(C)[SiH3]. The average molecular weight is 144 g/mol. The first kappa shape index (κ1) is 8.43. The lowest BCUT2D eigenvalue weighted by atomic mass is 10.4. The Hall–Kier alpha value is -0.573. The van der Waals surface area contributed by atoms with Gasteiger partial charge in [-0.15, -0.1) is 0 Å². The Morgan fingerprint density at radius 2 is 2.22 bits per heavy atom. The van der Waals surface area contributed by atoms with E-state index in [1.54, 1.807) is 6.92 Å². The van der Waals surface area contributed by atoms with Gasteiger partial charge in [0.15, 0.2) is 0 Å². The molecule has 0 aliphatic carbocycles. The number of carbonyl (C=O) groups is 1. The van der Waals surface area contributed by atoms with Crippen molar-refractivity contribution in [1.82, 2.24) is 0 Å². The topological polar surface area (TPSA) is 26.3 Å². The first-order valence-corrected chi connectivity index (χ1v) is 4.06. The summed E-state index contributed by atoms with van der Waals surface area (Å²) in [5.74, 6) is -0.280. The summed E-state index contributed by atoms with van der Waals surface area (Å²) in [6.07, 6.45) is 0. The van der Waals surface area contributed by atoms with Crippen LogP contribution in [0.4, 0.5) is 0 Å². The van der Waals surface area contributed by atoms with Gasteiger partial charge in [0.1, 0.15) is 0 Å². The van der Waals surface area contributed by atoms with Crippen molar-refractivity contribution >= 4 is 16.2 Å². The Bertz CT molecular complexity index is 129. The molecule has 0 aromatic carbocycles. The van der Waals surface area contributed by atoms with Crippen LogP contribution in [0.3, 0.4) is 0 Å². The van der Waals surface area contributed by atoms with Gasteiger partial charge in [0.05, 0.1) is 16.0 Å². The van der Waals surface area contributed by atoms with E-state index >= 15 is 0 Å².